The summed E-state index contributed by atoms with van der Waals surface area (Å²) in [7, 11) is 0. The van der Waals surface area contributed by atoms with Crippen molar-refractivity contribution in [3.63, 3.8) is 0 Å². The Kier molecular flexibility index (Phi) is 5.88. The van der Waals surface area contributed by atoms with Crippen molar-refractivity contribution in [3.05, 3.63) is 59.9 Å². The summed E-state index contributed by atoms with van der Waals surface area (Å²) >= 11 is 0. The number of rotatable bonds is 6. The molecule has 1 saturated heterocycles. The zero-order valence-electron chi connectivity index (χ0n) is 17.0. The number of imide groups is 1. The minimum atomic E-state index is -0.843. The maximum atomic E-state index is 13.3. The van der Waals surface area contributed by atoms with Gasteiger partial charge in [-0.15, -0.1) is 0 Å². The van der Waals surface area contributed by atoms with Gasteiger partial charge in [0.15, 0.2) is 0 Å². The van der Waals surface area contributed by atoms with Crippen molar-refractivity contribution in [3.8, 4) is 5.75 Å². The van der Waals surface area contributed by atoms with E-state index in [9.17, 15) is 18.8 Å². The fourth-order valence-corrected chi connectivity index (χ4v) is 4.12. The summed E-state index contributed by atoms with van der Waals surface area (Å²) in [5, 5.41) is 5.52. The van der Waals surface area contributed by atoms with E-state index in [1.165, 1.54) is 12.1 Å². The molecule has 8 heteroatoms. The molecule has 7 nitrogen and oxygen atoms in total. The highest BCUT2D eigenvalue weighted by molar-refractivity contribution is 6.10. The summed E-state index contributed by atoms with van der Waals surface area (Å²) in [4.78, 5) is 38.6. The third-order valence-corrected chi connectivity index (χ3v) is 5.67. The number of carbonyl (C=O) groups excluding carboxylic acids is 3. The number of anilines is 1. The topological polar surface area (TPSA) is 87.7 Å². The number of ether oxygens (including phenoxy) is 1. The van der Waals surface area contributed by atoms with Crippen LogP contribution in [0.4, 0.5) is 14.9 Å². The van der Waals surface area contributed by atoms with E-state index in [0.717, 1.165) is 29.7 Å². The van der Waals surface area contributed by atoms with Gasteiger partial charge in [0.2, 0.25) is 5.91 Å². The molecule has 162 valence electrons. The molecule has 2 aromatic carbocycles. The van der Waals surface area contributed by atoms with Crippen LogP contribution in [0.3, 0.4) is 0 Å². The number of hydrogen-bond donors (Lipinski definition) is 2. The molecule has 2 aliphatic rings. The molecule has 0 unspecified atom stereocenters. The summed E-state index contributed by atoms with van der Waals surface area (Å²) in [6, 6.07) is 12.3. The quantitative estimate of drug-likeness (QED) is 0.693. The highest BCUT2D eigenvalue weighted by Crippen LogP contribution is 2.33. The van der Waals surface area contributed by atoms with Crippen LogP contribution in [-0.2, 0) is 16.2 Å². The Morgan fingerprint density at radius 1 is 1.10 bits per heavy atom. The Morgan fingerprint density at radius 2 is 1.87 bits per heavy atom. The zero-order valence-corrected chi connectivity index (χ0v) is 17.0. The number of halogens is 1. The maximum Gasteiger partial charge on any atom is 0.325 e. The van der Waals surface area contributed by atoms with Gasteiger partial charge in [-0.05, 0) is 42.7 Å². The first-order chi connectivity index (χ1) is 14.9. The van der Waals surface area contributed by atoms with E-state index >= 15 is 0 Å². The zero-order chi connectivity index (χ0) is 21.8. The first-order valence-corrected chi connectivity index (χ1v) is 10.4. The molecule has 4 rings (SSSR count). The Bertz CT molecular complexity index is 1000. The van der Waals surface area contributed by atoms with Crippen LogP contribution in [0, 0.1) is 5.82 Å². The molecule has 2 fully saturated rings. The molecule has 0 radical (unpaired) electrons. The number of hydrogen-bond acceptors (Lipinski definition) is 4. The van der Waals surface area contributed by atoms with Gasteiger partial charge < -0.3 is 15.4 Å². The largest absolute Gasteiger partial charge is 0.489 e. The molecule has 2 aromatic rings. The number of urea groups is 1. The molecule has 1 aliphatic carbocycles. The van der Waals surface area contributed by atoms with Gasteiger partial charge in [0, 0.05) is 11.8 Å². The molecule has 4 amide bonds. The maximum absolute atomic E-state index is 13.3. The fraction of sp³-hybridized carbons (Fsp3) is 0.348. The standard InChI is InChI=1S/C23H24FN3O4/c24-17-7-5-9-19(13-17)31-15-16-6-4-8-18(12-16)25-20(28)14-27-21(29)23(26-22(27)30)10-2-1-3-11-23/h4-9,12-13H,1-3,10-11,14-15H2,(H,25,28)(H,26,30). The van der Waals surface area contributed by atoms with E-state index in [-0.39, 0.29) is 24.9 Å². The predicted molar refractivity (Wildman–Crippen MR) is 112 cm³/mol. The van der Waals surface area contributed by atoms with Gasteiger partial charge in [-0.3, -0.25) is 14.5 Å². The lowest BCUT2D eigenvalue weighted by Crippen LogP contribution is -2.48. The minimum Gasteiger partial charge on any atom is -0.489 e. The minimum absolute atomic E-state index is 0.197. The average molecular weight is 425 g/mol. The van der Waals surface area contributed by atoms with Gasteiger partial charge in [-0.2, -0.15) is 0 Å². The third-order valence-electron chi connectivity index (χ3n) is 5.67. The molecular formula is C23H24FN3O4. The Hall–Kier alpha value is -3.42. The van der Waals surface area contributed by atoms with E-state index < -0.39 is 17.5 Å². The van der Waals surface area contributed by atoms with E-state index in [4.69, 9.17) is 4.74 Å². The van der Waals surface area contributed by atoms with Gasteiger partial charge >= 0.3 is 6.03 Å². The van der Waals surface area contributed by atoms with Crippen molar-refractivity contribution in [2.75, 3.05) is 11.9 Å². The second-order valence-corrected chi connectivity index (χ2v) is 7.96. The molecule has 0 aromatic heterocycles. The average Bonchev–Trinajstić information content (AvgIpc) is 2.97. The molecule has 31 heavy (non-hydrogen) atoms. The third kappa shape index (κ3) is 4.68. The molecule has 1 spiro atoms. The fourth-order valence-electron chi connectivity index (χ4n) is 4.12. The van der Waals surface area contributed by atoms with Crippen molar-refractivity contribution in [1.29, 1.82) is 0 Å². The summed E-state index contributed by atoms with van der Waals surface area (Å²) in [6.07, 6.45) is 4.05. The summed E-state index contributed by atoms with van der Waals surface area (Å²) < 4.78 is 18.8. The number of nitrogens with one attached hydrogen (secondary N) is 2. The Morgan fingerprint density at radius 3 is 2.65 bits per heavy atom. The lowest BCUT2D eigenvalue weighted by molar-refractivity contribution is -0.134. The second kappa shape index (κ2) is 8.75. The lowest BCUT2D eigenvalue weighted by Gasteiger charge is -2.30. The smallest absolute Gasteiger partial charge is 0.325 e. The van der Waals surface area contributed by atoms with Crippen molar-refractivity contribution in [2.45, 2.75) is 44.2 Å². The second-order valence-electron chi connectivity index (χ2n) is 7.96. The van der Waals surface area contributed by atoms with Gasteiger partial charge in [0.05, 0.1) is 0 Å². The first kappa shape index (κ1) is 20.8. The van der Waals surface area contributed by atoms with Crippen LogP contribution in [0.1, 0.15) is 37.7 Å². The monoisotopic (exact) mass is 425 g/mol. The molecule has 1 saturated carbocycles. The molecule has 0 bridgehead atoms. The lowest BCUT2D eigenvalue weighted by atomic mass is 9.82. The number of nitrogens with zero attached hydrogens (tertiary/aromatic N) is 1. The molecular weight excluding hydrogens is 401 g/mol. The van der Waals surface area contributed by atoms with Gasteiger partial charge in [0.25, 0.3) is 5.91 Å². The van der Waals surface area contributed by atoms with Crippen molar-refractivity contribution >= 4 is 23.5 Å². The summed E-state index contributed by atoms with van der Waals surface area (Å²) in [6.45, 7) is -0.140. The van der Waals surface area contributed by atoms with E-state index in [0.29, 0.717) is 24.3 Å². The van der Waals surface area contributed by atoms with Crippen LogP contribution in [0.5, 0.6) is 5.75 Å². The predicted octanol–water partition coefficient (Wildman–Crippen LogP) is 3.60. The number of benzene rings is 2. The van der Waals surface area contributed by atoms with Gasteiger partial charge in [-0.25, -0.2) is 9.18 Å². The van der Waals surface area contributed by atoms with Crippen LogP contribution in [-0.4, -0.2) is 34.8 Å². The van der Waals surface area contributed by atoms with E-state index in [2.05, 4.69) is 10.6 Å². The van der Waals surface area contributed by atoms with Crippen LogP contribution in [0.25, 0.3) is 0 Å². The summed E-state index contributed by atoms with van der Waals surface area (Å²) in [5.74, 6) is -0.747. The van der Waals surface area contributed by atoms with E-state index in [1.54, 1.807) is 30.3 Å². The highest BCUT2D eigenvalue weighted by Gasteiger charge is 2.51. The Balaban J connectivity index is 1.35. The van der Waals surface area contributed by atoms with Crippen LogP contribution >= 0.6 is 0 Å². The van der Waals surface area contributed by atoms with E-state index in [1.807, 2.05) is 6.07 Å². The highest BCUT2D eigenvalue weighted by atomic mass is 19.1. The van der Waals surface area contributed by atoms with Crippen molar-refractivity contribution < 1.29 is 23.5 Å². The normalized spacial score (nSPS) is 17.5. The molecule has 0 atom stereocenters. The van der Waals surface area contributed by atoms with Gasteiger partial charge in [-0.1, -0.05) is 37.5 Å². The molecule has 1 heterocycles. The van der Waals surface area contributed by atoms with Crippen molar-refractivity contribution in [1.82, 2.24) is 10.2 Å². The van der Waals surface area contributed by atoms with Gasteiger partial charge in [0.1, 0.15) is 30.3 Å². The van der Waals surface area contributed by atoms with Crippen LogP contribution in [0.2, 0.25) is 0 Å². The van der Waals surface area contributed by atoms with Crippen LogP contribution in [0.15, 0.2) is 48.5 Å². The Labute approximate surface area is 179 Å². The molecule has 2 N–H and O–H groups in total. The molecule has 1 aliphatic heterocycles. The summed E-state index contributed by atoms with van der Waals surface area (Å²) in [5.41, 5.74) is 0.451. The van der Waals surface area contributed by atoms with Crippen molar-refractivity contribution in [2.24, 2.45) is 0 Å². The first-order valence-electron chi connectivity index (χ1n) is 10.4. The van der Waals surface area contributed by atoms with Crippen LogP contribution < -0.4 is 15.4 Å². The SMILES string of the molecule is O=C(CN1C(=O)NC2(CCCCC2)C1=O)Nc1cccc(COc2cccc(F)c2)c1. The number of amides is 4. The number of carbonyl (C=O) groups is 3.